The Morgan fingerprint density at radius 2 is 1.79 bits per heavy atom. The number of nitrogens with one attached hydrogen (secondary N) is 2. The lowest BCUT2D eigenvalue weighted by molar-refractivity contribution is -0.126. The first-order chi connectivity index (χ1) is 11.4. The molecule has 1 aromatic carbocycles. The van der Waals surface area contributed by atoms with Crippen LogP contribution >= 0.6 is 0 Å². The summed E-state index contributed by atoms with van der Waals surface area (Å²) in [5.74, 6) is -0.145. The van der Waals surface area contributed by atoms with Gasteiger partial charge in [0.25, 0.3) is 0 Å². The van der Waals surface area contributed by atoms with E-state index in [0.29, 0.717) is 0 Å². The van der Waals surface area contributed by atoms with Crippen molar-refractivity contribution in [2.75, 3.05) is 11.1 Å². The van der Waals surface area contributed by atoms with Crippen LogP contribution in [0.2, 0.25) is 0 Å². The highest BCUT2D eigenvalue weighted by Crippen LogP contribution is 2.32. The monoisotopic (exact) mass is 348 g/mol. The first-order valence-electron chi connectivity index (χ1n) is 8.45. The number of aryl methyl sites for hydroxylation is 1. The zero-order valence-electron chi connectivity index (χ0n) is 13.9. The molecule has 2 aliphatic rings. The maximum atomic E-state index is 13.0. The fourth-order valence-corrected chi connectivity index (χ4v) is 4.68. The largest absolute Gasteiger partial charge is 0.371 e. The Balaban J connectivity index is 1.76. The molecule has 24 heavy (non-hydrogen) atoms. The molecule has 0 aromatic heterocycles. The van der Waals surface area contributed by atoms with E-state index in [9.17, 15) is 13.2 Å². The summed E-state index contributed by atoms with van der Waals surface area (Å²) in [6, 6.07) is 7.57. The number of carbonyl (C=O) groups excluding carboxylic acids is 1. The molecule has 0 spiro atoms. The third kappa shape index (κ3) is 3.80. The highest BCUT2D eigenvalue weighted by molar-refractivity contribution is 7.94. The van der Waals surface area contributed by atoms with Crippen molar-refractivity contribution in [3.05, 3.63) is 41.3 Å². The van der Waals surface area contributed by atoms with Gasteiger partial charge >= 0.3 is 0 Å². The zero-order chi connectivity index (χ0) is 17.2. The molecule has 1 heterocycles. The van der Waals surface area contributed by atoms with E-state index < -0.39 is 21.4 Å². The van der Waals surface area contributed by atoms with Gasteiger partial charge in [0.1, 0.15) is 5.54 Å². The molecule has 1 atom stereocenters. The maximum absolute atomic E-state index is 13.0. The quantitative estimate of drug-likeness (QED) is 0.877. The van der Waals surface area contributed by atoms with Crippen molar-refractivity contribution in [3.8, 4) is 0 Å². The van der Waals surface area contributed by atoms with E-state index in [1.54, 1.807) is 6.08 Å². The van der Waals surface area contributed by atoms with Crippen molar-refractivity contribution in [3.63, 3.8) is 0 Å². The van der Waals surface area contributed by atoms with Gasteiger partial charge in [-0.15, -0.1) is 0 Å². The van der Waals surface area contributed by atoms with Crippen molar-refractivity contribution in [2.24, 2.45) is 0 Å². The molecule has 1 aliphatic carbocycles. The van der Waals surface area contributed by atoms with Crippen molar-refractivity contribution in [1.82, 2.24) is 5.32 Å². The van der Waals surface area contributed by atoms with Gasteiger partial charge in [-0.25, -0.2) is 8.42 Å². The molecule has 130 valence electrons. The van der Waals surface area contributed by atoms with Crippen LogP contribution < -0.4 is 10.6 Å². The van der Waals surface area contributed by atoms with Gasteiger partial charge in [-0.05, 0) is 38.0 Å². The topological polar surface area (TPSA) is 75.3 Å². The molecule has 1 unspecified atom stereocenters. The van der Waals surface area contributed by atoms with Gasteiger partial charge in [0.15, 0.2) is 9.84 Å². The van der Waals surface area contributed by atoms with E-state index in [1.165, 1.54) is 11.0 Å². The number of sulfone groups is 1. The highest BCUT2D eigenvalue weighted by atomic mass is 32.2. The summed E-state index contributed by atoms with van der Waals surface area (Å²) in [6.07, 6.45) is 6.19. The second kappa shape index (κ2) is 6.59. The molecule has 3 rings (SSSR count). The standard InChI is InChI=1S/C18H24N2O3S/c1-14-5-7-15(8-6-14)20-18(10-3-2-4-11-18)17(21)19-16-9-12-24(22,23)13-16/h5-9,12,16,20H,2-4,10-11,13H2,1H3,(H,19,21). The van der Waals surface area contributed by atoms with Crippen LogP contribution in [-0.4, -0.2) is 31.7 Å². The van der Waals surface area contributed by atoms with Crippen LogP contribution in [0.1, 0.15) is 37.7 Å². The van der Waals surface area contributed by atoms with Gasteiger partial charge in [0.05, 0.1) is 11.8 Å². The fraction of sp³-hybridized carbons (Fsp3) is 0.500. The molecule has 0 radical (unpaired) electrons. The highest BCUT2D eigenvalue weighted by Gasteiger charge is 2.40. The van der Waals surface area contributed by atoms with Crippen LogP contribution in [0.15, 0.2) is 35.7 Å². The van der Waals surface area contributed by atoms with E-state index in [4.69, 9.17) is 0 Å². The zero-order valence-corrected chi connectivity index (χ0v) is 14.7. The minimum absolute atomic E-state index is 0.0423. The van der Waals surface area contributed by atoms with Crippen LogP contribution in [0.3, 0.4) is 0 Å². The Morgan fingerprint density at radius 3 is 2.38 bits per heavy atom. The first kappa shape index (κ1) is 17.0. The lowest BCUT2D eigenvalue weighted by Gasteiger charge is -2.38. The Bertz CT molecular complexity index is 732. The minimum atomic E-state index is -3.17. The van der Waals surface area contributed by atoms with Crippen LogP contribution in [-0.2, 0) is 14.6 Å². The van der Waals surface area contributed by atoms with Crippen LogP contribution in [0, 0.1) is 6.92 Å². The predicted molar refractivity (Wildman–Crippen MR) is 95.5 cm³/mol. The number of amides is 1. The molecule has 1 amide bonds. The normalized spacial score (nSPS) is 24.5. The summed E-state index contributed by atoms with van der Waals surface area (Å²) in [4.78, 5) is 13.0. The number of benzene rings is 1. The first-order valence-corrected chi connectivity index (χ1v) is 10.2. The second-order valence-electron chi connectivity index (χ2n) is 6.87. The predicted octanol–water partition coefficient (Wildman–Crippen LogP) is 2.54. The van der Waals surface area contributed by atoms with Gasteiger partial charge < -0.3 is 10.6 Å². The summed E-state index contributed by atoms with van der Waals surface area (Å²) in [5.41, 5.74) is 1.43. The van der Waals surface area contributed by atoms with Crippen LogP contribution in [0.25, 0.3) is 0 Å². The third-order valence-electron chi connectivity index (χ3n) is 4.82. The lowest BCUT2D eigenvalue weighted by Crippen LogP contribution is -2.56. The van der Waals surface area contributed by atoms with Crippen molar-refractivity contribution in [2.45, 2.75) is 50.6 Å². The van der Waals surface area contributed by atoms with Crippen molar-refractivity contribution >= 4 is 21.4 Å². The molecular weight excluding hydrogens is 324 g/mol. The third-order valence-corrected chi connectivity index (χ3v) is 6.22. The Hall–Kier alpha value is -1.82. The molecule has 2 N–H and O–H groups in total. The van der Waals surface area contributed by atoms with E-state index in [0.717, 1.165) is 37.8 Å². The molecule has 1 saturated carbocycles. The van der Waals surface area contributed by atoms with E-state index in [2.05, 4.69) is 10.6 Å². The Kier molecular flexibility index (Phi) is 4.67. The molecule has 1 fully saturated rings. The smallest absolute Gasteiger partial charge is 0.246 e. The van der Waals surface area contributed by atoms with Crippen LogP contribution in [0.5, 0.6) is 0 Å². The van der Waals surface area contributed by atoms with Crippen molar-refractivity contribution in [1.29, 1.82) is 0 Å². The molecule has 1 aliphatic heterocycles. The SMILES string of the molecule is Cc1ccc(NC2(C(=O)NC3C=CS(=O)(=O)C3)CCCCC2)cc1. The Morgan fingerprint density at radius 1 is 1.12 bits per heavy atom. The van der Waals surface area contributed by atoms with E-state index >= 15 is 0 Å². The van der Waals surface area contributed by atoms with Crippen LogP contribution in [0.4, 0.5) is 5.69 Å². The summed E-state index contributed by atoms with van der Waals surface area (Å²) in [6.45, 7) is 2.03. The summed E-state index contributed by atoms with van der Waals surface area (Å²) < 4.78 is 23.1. The fourth-order valence-electron chi connectivity index (χ4n) is 3.45. The van der Waals surface area contributed by atoms with Gasteiger partial charge in [-0.2, -0.15) is 0 Å². The maximum Gasteiger partial charge on any atom is 0.246 e. The van der Waals surface area contributed by atoms with E-state index in [-0.39, 0.29) is 11.7 Å². The van der Waals surface area contributed by atoms with Gasteiger partial charge in [0, 0.05) is 11.1 Å². The minimum Gasteiger partial charge on any atom is -0.371 e. The summed E-state index contributed by atoms with van der Waals surface area (Å²) in [7, 11) is -3.17. The number of hydrogen-bond acceptors (Lipinski definition) is 4. The molecule has 6 heteroatoms. The average molecular weight is 348 g/mol. The molecular formula is C18H24N2O3S. The Labute approximate surface area is 143 Å². The lowest BCUT2D eigenvalue weighted by atomic mass is 9.80. The van der Waals surface area contributed by atoms with E-state index in [1.807, 2.05) is 31.2 Å². The number of anilines is 1. The number of rotatable bonds is 4. The van der Waals surface area contributed by atoms with Gasteiger partial charge in [-0.3, -0.25) is 4.79 Å². The molecule has 0 bridgehead atoms. The average Bonchev–Trinajstić information content (AvgIpc) is 2.89. The van der Waals surface area contributed by atoms with Crippen molar-refractivity contribution < 1.29 is 13.2 Å². The molecule has 5 nitrogen and oxygen atoms in total. The number of carbonyl (C=O) groups is 1. The summed E-state index contributed by atoms with van der Waals surface area (Å²) in [5, 5.41) is 7.53. The van der Waals surface area contributed by atoms with Gasteiger partial charge in [-0.1, -0.05) is 37.0 Å². The molecule has 1 aromatic rings. The number of hydrogen-bond donors (Lipinski definition) is 2. The van der Waals surface area contributed by atoms with Gasteiger partial charge in [0.2, 0.25) is 5.91 Å². The molecule has 0 saturated heterocycles. The second-order valence-corrected chi connectivity index (χ2v) is 8.80. The summed E-state index contributed by atoms with van der Waals surface area (Å²) >= 11 is 0.